The van der Waals surface area contributed by atoms with E-state index in [0.717, 1.165) is 11.3 Å². The van der Waals surface area contributed by atoms with Gasteiger partial charge in [-0.1, -0.05) is 34.5 Å². The number of benzene rings is 2. The van der Waals surface area contributed by atoms with Crippen LogP contribution in [0.1, 0.15) is 28.5 Å². The second kappa shape index (κ2) is 8.12. The van der Waals surface area contributed by atoms with E-state index in [-0.39, 0.29) is 12.2 Å². The van der Waals surface area contributed by atoms with Crippen molar-refractivity contribution in [2.75, 3.05) is 6.61 Å². The molecule has 2 aromatic carbocycles. The molecule has 30 heavy (non-hydrogen) atoms. The number of hydrogen-bond acceptors (Lipinski definition) is 5. The number of carbonyl (C=O) groups excluding carboxylic acids is 1. The molecule has 8 heteroatoms. The van der Waals surface area contributed by atoms with Crippen LogP contribution < -0.4 is 5.43 Å². The average molecular weight is 423 g/mol. The number of halogens is 1. The second-order valence-electron chi connectivity index (χ2n) is 6.87. The van der Waals surface area contributed by atoms with E-state index in [0.29, 0.717) is 28.2 Å². The molecular formula is C22H19ClN4O3. The molecular weight excluding hydrogens is 404 g/mol. The second-order valence-corrected chi connectivity index (χ2v) is 7.31. The van der Waals surface area contributed by atoms with Crippen molar-refractivity contribution in [2.45, 2.75) is 20.4 Å². The highest BCUT2D eigenvalue weighted by Crippen LogP contribution is 2.19. The van der Waals surface area contributed by atoms with Gasteiger partial charge in [-0.3, -0.25) is 4.79 Å². The SMILES string of the molecule is CCOC(=O)c1cn(Cc2cn(-c3ccc(C)cc3)nn2)c2ccc(Cl)cc2c1=O. The lowest BCUT2D eigenvalue weighted by Crippen LogP contribution is -2.21. The standard InChI is InChI=1S/C22H19ClN4O3/c1-3-30-22(29)19-13-26(20-9-6-15(23)10-18(20)21(19)28)11-16-12-27(25-24-16)17-7-4-14(2)5-8-17/h4-10,12-13H,3,11H2,1-2H3. The summed E-state index contributed by atoms with van der Waals surface area (Å²) in [6.07, 6.45) is 3.32. The van der Waals surface area contributed by atoms with Gasteiger partial charge in [0.05, 0.1) is 30.6 Å². The Bertz CT molecular complexity index is 1290. The number of esters is 1. The summed E-state index contributed by atoms with van der Waals surface area (Å²) < 4.78 is 8.51. The van der Waals surface area contributed by atoms with E-state index < -0.39 is 11.4 Å². The number of carbonyl (C=O) groups is 1. The Morgan fingerprint density at radius 2 is 1.90 bits per heavy atom. The number of aryl methyl sites for hydroxylation is 1. The largest absolute Gasteiger partial charge is 0.462 e. The van der Waals surface area contributed by atoms with E-state index in [1.807, 2.05) is 37.4 Å². The summed E-state index contributed by atoms with van der Waals surface area (Å²) in [4.78, 5) is 25.1. The molecule has 0 aliphatic heterocycles. The molecule has 0 aliphatic carbocycles. The van der Waals surface area contributed by atoms with Crippen LogP contribution in [0.2, 0.25) is 5.02 Å². The summed E-state index contributed by atoms with van der Waals surface area (Å²) in [6.45, 7) is 4.20. The van der Waals surface area contributed by atoms with Crippen LogP contribution >= 0.6 is 11.6 Å². The third-order valence-electron chi connectivity index (χ3n) is 4.71. The van der Waals surface area contributed by atoms with Crippen LogP contribution in [0.15, 0.2) is 59.7 Å². The van der Waals surface area contributed by atoms with Gasteiger partial charge < -0.3 is 9.30 Å². The molecule has 0 radical (unpaired) electrons. The lowest BCUT2D eigenvalue weighted by atomic mass is 10.1. The third kappa shape index (κ3) is 3.84. The minimum atomic E-state index is -0.665. The molecule has 0 spiro atoms. The lowest BCUT2D eigenvalue weighted by Gasteiger charge is -2.12. The number of pyridine rings is 1. The van der Waals surface area contributed by atoms with Crippen molar-refractivity contribution in [3.05, 3.63) is 86.9 Å². The van der Waals surface area contributed by atoms with Crippen molar-refractivity contribution in [3.63, 3.8) is 0 Å². The van der Waals surface area contributed by atoms with Gasteiger partial charge in [-0.2, -0.15) is 0 Å². The summed E-state index contributed by atoms with van der Waals surface area (Å²) in [6, 6.07) is 12.9. The summed E-state index contributed by atoms with van der Waals surface area (Å²) in [5.74, 6) is -0.665. The fourth-order valence-corrected chi connectivity index (χ4v) is 3.40. The Balaban J connectivity index is 1.77. The van der Waals surface area contributed by atoms with E-state index >= 15 is 0 Å². The van der Waals surface area contributed by atoms with Crippen LogP contribution in [0.4, 0.5) is 0 Å². The van der Waals surface area contributed by atoms with E-state index in [4.69, 9.17) is 16.3 Å². The molecule has 152 valence electrons. The van der Waals surface area contributed by atoms with Gasteiger partial charge in [0.25, 0.3) is 0 Å². The Morgan fingerprint density at radius 3 is 2.63 bits per heavy atom. The van der Waals surface area contributed by atoms with Crippen LogP contribution in [0.5, 0.6) is 0 Å². The lowest BCUT2D eigenvalue weighted by molar-refractivity contribution is 0.0524. The molecule has 0 bridgehead atoms. The van der Waals surface area contributed by atoms with E-state index in [9.17, 15) is 9.59 Å². The fourth-order valence-electron chi connectivity index (χ4n) is 3.22. The highest BCUT2D eigenvalue weighted by molar-refractivity contribution is 6.31. The predicted octanol–water partition coefficient (Wildman–Crippen LogP) is 3.77. The van der Waals surface area contributed by atoms with Crippen LogP contribution in [0.25, 0.3) is 16.6 Å². The minimum absolute atomic E-state index is 0.0439. The van der Waals surface area contributed by atoms with Crippen molar-refractivity contribution in [1.82, 2.24) is 19.6 Å². The topological polar surface area (TPSA) is 79.0 Å². The van der Waals surface area contributed by atoms with Gasteiger partial charge in [0.2, 0.25) is 5.43 Å². The summed E-state index contributed by atoms with van der Waals surface area (Å²) in [7, 11) is 0. The minimum Gasteiger partial charge on any atom is -0.462 e. The fraction of sp³-hybridized carbons (Fsp3) is 0.182. The molecule has 0 N–H and O–H groups in total. The average Bonchev–Trinajstić information content (AvgIpc) is 3.19. The van der Waals surface area contributed by atoms with Crippen molar-refractivity contribution in [1.29, 1.82) is 0 Å². The van der Waals surface area contributed by atoms with Gasteiger partial charge >= 0.3 is 5.97 Å². The van der Waals surface area contributed by atoms with Crippen molar-refractivity contribution >= 4 is 28.5 Å². The number of rotatable bonds is 5. The number of ether oxygens (including phenoxy) is 1. The monoisotopic (exact) mass is 422 g/mol. The molecule has 4 aromatic rings. The zero-order chi connectivity index (χ0) is 21.3. The summed E-state index contributed by atoms with van der Waals surface area (Å²) in [5, 5.41) is 9.19. The maximum absolute atomic E-state index is 12.8. The van der Waals surface area contributed by atoms with Gasteiger partial charge in [0.1, 0.15) is 11.3 Å². The molecule has 0 saturated carbocycles. The highest BCUT2D eigenvalue weighted by atomic mass is 35.5. The van der Waals surface area contributed by atoms with Gasteiger partial charge in [0.15, 0.2) is 0 Å². The Kier molecular flexibility index (Phi) is 5.37. The number of hydrogen-bond donors (Lipinski definition) is 0. The Hall–Kier alpha value is -3.45. The van der Waals surface area contributed by atoms with Crippen molar-refractivity contribution < 1.29 is 9.53 Å². The molecule has 0 aliphatic rings. The normalized spacial score (nSPS) is 11.0. The molecule has 0 fully saturated rings. The molecule has 0 saturated heterocycles. The smallest absolute Gasteiger partial charge is 0.343 e. The first-order chi connectivity index (χ1) is 14.5. The quantitative estimate of drug-likeness (QED) is 0.457. The maximum Gasteiger partial charge on any atom is 0.343 e. The molecule has 7 nitrogen and oxygen atoms in total. The zero-order valence-electron chi connectivity index (χ0n) is 16.5. The zero-order valence-corrected chi connectivity index (χ0v) is 17.3. The Morgan fingerprint density at radius 1 is 1.13 bits per heavy atom. The molecule has 2 aromatic heterocycles. The first-order valence-corrected chi connectivity index (χ1v) is 9.82. The molecule has 0 amide bonds. The van der Waals surface area contributed by atoms with Crippen LogP contribution in [-0.2, 0) is 11.3 Å². The van der Waals surface area contributed by atoms with Crippen LogP contribution in [0, 0.1) is 6.92 Å². The van der Waals surface area contributed by atoms with Gasteiger partial charge in [-0.05, 0) is 44.2 Å². The van der Waals surface area contributed by atoms with Crippen molar-refractivity contribution in [3.8, 4) is 5.69 Å². The summed E-state index contributed by atoms with van der Waals surface area (Å²) >= 11 is 6.09. The van der Waals surface area contributed by atoms with Gasteiger partial charge in [-0.25, -0.2) is 9.48 Å². The number of aromatic nitrogens is 4. The molecule has 0 unspecified atom stereocenters. The Labute approximate surface area is 177 Å². The van der Waals surface area contributed by atoms with Crippen LogP contribution in [0.3, 0.4) is 0 Å². The predicted molar refractivity (Wildman–Crippen MR) is 114 cm³/mol. The number of fused-ring (bicyclic) bond motifs is 1. The van der Waals surface area contributed by atoms with E-state index in [2.05, 4.69) is 10.3 Å². The van der Waals surface area contributed by atoms with Gasteiger partial charge in [-0.15, -0.1) is 5.10 Å². The van der Waals surface area contributed by atoms with E-state index in [1.165, 1.54) is 6.20 Å². The summed E-state index contributed by atoms with van der Waals surface area (Å²) in [5.41, 5.74) is 2.91. The molecule has 4 rings (SSSR count). The first-order valence-electron chi connectivity index (χ1n) is 9.44. The molecule has 0 atom stereocenters. The molecule has 2 heterocycles. The van der Waals surface area contributed by atoms with Gasteiger partial charge in [0, 0.05) is 16.6 Å². The van der Waals surface area contributed by atoms with E-state index in [1.54, 1.807) is 34.4 Å². The van der Waals surface area contributed by atoms with Crippen LogP contribution in [-0.4, -0.2) is 32.1 Å². The third-order valence-corrected chi connectivity index (χ3v) is 4.94. The highest BCUT2D eigenvalue weighted by Gasteiger charge is 2.17. The number of nitrogens with zero attached hydrogens (tertiary/aromatic N) is 4. The van der Waals surface area contributed by atoms with Crippen molar-refractivity contribution in [2.24, 2.45) is 0 Å². The maximum atomic E-state index is 12.8. The first kappa shape index (κ1) is 19.8.